The number of hydrogen-bond acceptors (Lipinski definition) is 4. The van der Waals surface area contributed by atoms with E-state index in [2.05, 4.69) is 21.4 Å². The molecule has 3 rings (SSSR count). The van der Waals surface area contributed by atoms with Crippen LogP contribution in [0.2, 0.25) is 5.02 Å². The molecule has 1 aliphatic rings. The number of halogens is 4. The van der Waals surface area contributed by atoms with Gasteiger partial charge in [0.05, 0.1) is 17.1 Å². The third-order valence-corrected chi connectivity index (χ3v) is 3.70. The molecule has 1 heterocycles. The van der Waals surface area contributed by atoms with E-state index in [0.29, 0.717) is 11.4 Å². The Bertz CT molecular complexity index is 809. The van der Waals surface area contributed by atoms with Gasteiger partial charge in [0, 0.05) is 23.5 Å². The predicted octanol–water partition coefficient (Wildman–Crippen LogP) is 3.55. The Labute approximate surface area is 153 Å². The van der Waals surface area contributed by atoms with Crippen LogP contribution in [0.3, 0.4) is 0 Å². The lowest BCUT2D eigenvalue weighted by molar-refractivity contribution is -0.137. The van der Waals surface area contributed by atoms with E-state index in [1.165, 1.54) is 12.1 Å². The van der Waals surface area contributed by atoms with Crippen molar-refractivity contribution in [2.45, 2.75) is 6.18 Å². The number of carbonyl (C=O) groups is 1. The van der Waals surface area contributed by atoms with Gasteiger partial charge in [0.25, 0.3) is 0 Å². The molecule has 5 nitrogen and oxygen atoms in total. The van der Waals surface area contributed by atoms with Gasteiger partial charge in [0.2, 0.25) is 6.41 Å². The van der Waals surface area contributed by atoms with Crippen LogP contribution in [0.1, 0.15) is 11.1 Å². The second-order valence-electron chi connectivity index (χ2n) is 5.19. The van der Waals surface area contributed by atoms with Gasteiger partial charge in [-0.3, -0.25) is 9.79 Å². The molecule has 0 bridgehead atoms. The van der Waals surface area contributed by atoms with Crippen LogP contribution >= 0.6 is 11.6 Å². The van der Waals surface area contributed by atoms with Crippen LogP contribution in [-0.4, -0.2) is 25.3 Å². The minimum absolute atomic E-state index is 0.250. The zero-order valence-corrected chi connectivity index (χ0v) is 14.2. The van der Waals surface area contributed by atoms with Crippen molar-refractivity contribution >= 4 is 35.2 Å². The Morgan fingerprint density at radius 3 is 2.50 bits per heavy atom. The third kappa shape index (κ3) is 5.13. The number of aliphatic imine (C=N–C) groups is 1. The monoisotopic (exact) mass is 384 g/mol. The van der Waals surface area contributed by atoms with Crippen LogP contribution in [0, 0.1) is 0 Å². The number of rotatable bonds is 3. The number of benzene rings is 2. The molecule has 4 N–H and O–H groups in total. The predicted molar refractivity (Wildman–Crippen MR) is 95.8 cm³/mol. The number of alkyl halides is 3. The molecule has 0 aliphatic carbocycles. The van der Waals surface area contributed by atoms with E-state index >= 15 is 0 Å². The Morgan fingerprint density at radius 1 is 1.19 bits per heavy atom. The van der Waals surface area contributed by atoms with Gasteiger partial charge in [-0.15, -0.1) is 0 Å². The SMILES string of the molecule is FC(F)(F)c1cc(Nc2cccc(C3=NCCN3)c2)ccc1Cl.NC=O. The van der Waals surface area contributed by atoms with Crippen LogP contribution in [0.5, 0.6) is 0 Å². The summed E-state index contributed by atoms with van der Waals surface area (Å²) in [6.07, 6.45) is -4.24. The molecule has 9 heteroatoms. The van der Waals surface area contributed by atoms with E-state index in [1.54, 1.807) is 6.07 Å². The first-order chi connectivity index (χ1) is 12.3. The number of carbonyl (C=O) groups excluding carboxylic acids is 1. The summed E-state index contributed by atoms with van der Waals surface area (Å²) in [6, 6.07) is 11.1. The summed E-state index contributed by atoms with van der Waals surface area (Å²) >= 11 is 5.62. The molecule has 0 fully saturated rings. The molecule has 0 unspecified atom stereocenters. The highest BCUT2D eigenvalue weighted by Crippen LogP contribution is 2.36. The molecule has 1 amide bonds. The molecule has 0 saturated heterocycles. The van der Waals surface area contributed by atoms with E-state index < -0.39 is 11.7 Å². The summed E-state index contributed by atoms with van der Waals surface area (Å²) in [7, 11) is 0. The smallest absolute Gasteiger partial charge is 0.372 e. The molecule has 138 valence electrons. The number of anilines is 2. The number of hydrogen-bond donors (Lipinski definition) is 3. The summed E-state index contributed by atoms with van der Waals surface area (Å²) in [6.45, 7) is 1.51. The van der Waals surface area contributed by atoms with Crippen LogP contribution in [-0.2, 0) is 11.0 Å². The lowest BCUT2D eigenvalue weighted by Gasteiger charge is -2.13. The number of amides is 1. The van der Waals surface area contributed by atoms with E-state index in [1.807, 2.05) is 18.2 Å². The molecule has 2 aromatic rings. The number of nitrogens with one attached hydrogen (secondary N) is 2. The summed E-state index contributed by atoms with van der Waals surface area (Å²) in [5.74, 6) is 0.792. The Balaban J connectivity index is 0.000000758. The molecule has 0 aromatic heterocycles. The quantitative estimate of drug-likeness (QED) is 0.708. The topological polar surface area (TPSA) is 79.5 Å². The Kier molecular flexibility index (Phi) is 6.46. The van der Waals surface area contributed by atoms with E-state index in [0.717, 1.165) is 30.6 Å². The van der Waals surface area contributed by atoms with Gasteiger partial charge >= 0.3 is 6.18 Å². The number of amidine groups is 1. The molecular formula is C17H16ClF3N4O. The zero-order valence-electron chi connectivity index (χ0n) is 13.5. The summed E-state index contributed by atoms with van der Waals surface area (Å²) < 4.78 is 38.7. The molecule has 0 radical (unpaired) electrons. The zero-order chi connectivity index (χ0) is 19.2. The van der Waals surface area contributed by atoms with Gasteiger partial charge in [-0.25, -0.2) is 0 Å². The highest BCUT2D eigenvalue weighted by atomic mass is 35.5. The fourth-order valence-electron chi connectivity index (χ4n) is 2.32. The molecule has 26 heavy (non-hydrogen) atoms. The van der Waals surface area contributed by atoms with E-state index in [-0.39, 0.29) is 11.4 Å². The molecule has 0 saturated carbocycles. The second kappa shape index (κ2) is 8.57. The van der Waals surface area contributed by atoms with Crippen LogP contribution in [0.4, 0.5) is 24.5 Å². The fraction of sp³-hybridized carbons (Fsp3) is 0.176. The minimum Gasteiger partial charge on any atom is -0.372 e. The van der Waals surface area contributed by atoms with Crippen molar-refractivity contribution in [3.8, 4) is 0 Å². The lowest BCUT2D eigenvalue weighted by Crippen LogP contribution is -2.19. The normalized spacial score (nSPS) is 13.2. The first-order valence-corrected chi connectivity index (χ1v) is 7.91. The maximum atomic E-state index is 12.9. The fourth-order valence-corrected chi connectivity index (χ4v) is 2.55. The largest absolute Gasteiger partial charge is 0.417 e. The number of primary amides is 1. The van der Waals surface area contributed by atoms with Crippen molar-refractivity contribution in [3.63, 3.8) is 0 Å². The van der Waals surface area contributed by atoms with Gasteiger partial charge in [0.15, 0.2) is 0 Å². The van der Waals surface area contributed by atoms with Crippen molar-refractivity contribution in [2.24, 2.45) is 10.7 Å². The molecular weight excluding hydrogens is 369 g/mol. The first-order valence-electron chi connectivity index (χ1n) is 7.53. The highest BCUT2D eigenvalue weighted by molar-refractivity contribution is 6.31. The van der Waals surface area contributed by atoms with Crippen LogP contribution in [0.15, 0.2) is 47.5 Å². The first kappa shape index (κ1) is 19.6. The summed E-state index contributed by atoms with van der Waals surface area (Å²) in [4.78, 5) is 12.9. The highest BCUT2D eigenvalue weighted by Gasteiger charge is 2.33. The van der Waals surface area contributed by atoms with Crippen LogP contribution in [0.25, 0.3) is 0 Å². The summed E-state index contributed by atoms with van der Waals surface area (Å²) in [5.41, 5.74) is 5.19. The van der Waals surface area contributed by atoms with Crippen molar-refractivity contribution in [3.05, 3.63) is 58.6 Å². The minimum atomic E-state index is -4.49. The average molecular weight is 385 g/mol. The molecule has 2 aromatic carbocycles. The molecule has 0 spiro atoms. The van der Waals surface area contributed by atoms with Crippen LogP contribution < -0.4 is 16.4 Å². The average Bonchev–Trinajstić information content (AvgIpc) is 3.11. The van der Waals surface area contributed by atoms with Crippen molar-refractivity contribution in [1.82, 2.24) is 5.32 Å². The Morgan fingerprint density at radius 2 is 1.88 bits per heavy atom. The summed E-state index contributed by atoms with van der Waals surface area (Å²) in [5, 5.41) is 5.80. The molecule has 0 atom stereocenters. The van der Waals surface area contributed by atoms with Crippen molar-refractivity contribution in [1.29, 1.82) is 0 Å². The molecule has 1 aliphatic heterocycles. The second-order valence-corrected chi connectivity index (χ2v) is 5.60. The maximum Gasteiger partial charge on any atom is 0.417 e. The van der Waals surface area contributed by atoms with Gasteiger partial charge in [-0.1, -0.05) is 23.7 Å². The van der Waals surface area contributed by atoms with E-state index in [4.69, 9.17) is 16.4 Å². The maximum absolute atomic E-state index is 12.9. The van der Waals surface area contributed by atoms with E-state index in [9.17, 15) is 13.2 Å². The Hall–Kier alpha value is -2.74. The van der Waals surface area contributed by atoms with Crippen molar-refractivity contribution in [2.75, 3.05) is 18.4 Å². The standard InChI is InChI=1S/C16H13ClF3N3.CH3NO/c17-14-5-4-12(9-13(14)16(18,19)20)23-11-3-1-2-10(8-11)15-21-6-7-22-15;2-1-3/h1-5,8-9,23H,6-7H2,(H,21,22);1H,(H2,2,3). The van der Waals surface area contributed by atoms with Gasteiger partial charge in [-0.05, 0) is 30.3 Å². The lowest BCUT2D eigenvalue weighted by atomic mass is 10.1. The number of nitrogens with zero attached hydrogens (tertiary/aromatic N) is 1. The van der Waals surface area contributed by atoms with Gasteiger partial charge < -0.3 is 16.4 Å². The number of nitrogens with two attached hydrogens (primary N) is 1. The van der Waals surface area contributed by atoms with Gasteiger partial charge in [-0.2, -0.15) is 13.2 Å². The third-order valence-electron chi connectivity index (χ3n) is 3.37. The van der Waals surface area contributed by atoms with Gasteiger partial charge in [0.1, 0.15) is 5.84 Å². The van der Waals surface area contributed by atoms with Crippen molar-refractivity contribution < 1.29 is 18.0 Å².